The molecule has 0 saturated carbocycles. The highest BCUT2D eigenvalue weighted by Crippen LogP contribution is 2.21. The Labute approximate surface area is 172 Å². The van der Waals surface area contributed by atoms with Crippen molar-refractivity contribution in [3.05, 3.63) is 57.3 Å². The Morgan fingerprint density at radius 3 is 2.62 bits per heavy atom. The number of aryl methyl sites for hydroxylation is 3. The third-order valence-corrected chi connectivity index (χ3v) is 5.08. The minimum atomic E-state index is -0.634. The molecule has 0 saturated heterocycles. The van der Waals surface area contributed by atoms with E-state index in [1.807, 2.05) is 19.2 Å². The highest BCUT2D eigenvalue weighted by atomic mass is 32.1. The first-order chi connectivity index (χ1) is 13.8. The monoisotopic (exact) mass is 414 g/mol. The molecule has 9 heteroatoms. The maximum absolute atomic E-state index is 12.5. The Morgan fingerprint density at radius 2 is 1.97 bits per heavy atom. The van der Waals surface area contributed by atoms with Gasteiger partial charge in [0.1, 0.15) is 17.9 Å². The molecule has 2 aromatic heterocycles. The van der Waals surface area contributed by atoms with E-state index in [1.165, 1.54) is 11.3 Å². The van der Waals surface area contributed by atoms with Crippen LogP contribution in [0.4, 0.5) is 5.69 Å². The molecule has 0 unspecified atom stereocenters. The number of nitrogens with one attached hydrogen (secondary N) is 1. The molecule has 152 valence electrons. The van der Waals surface area contributed by atoms with Crippen molar-refractivity contribution in [2.75, 3.05) is 11.9 Å². The van der Waals surface area contributed by atoms with E-state index in [2.05, 4.69) is 15.4 Å². The first kappa shape index (κ1) is 20.5. The van der Waals surface area contributed by atoms with Crippen LogP contribution in [0.3, 0.4) is 0 Å². The van der Waals surface area contributed by atoms with Crippen molar-refractivity contribution in [3.8, 4) is 5.75 Å². The van der Waals surface area contributed by atoms with Gasteiger partial charge in [0.2, 0.25) is 0 Å². The second kappa shape index (κ2) is 8.87. The number of rotatable bonds is 7. The lowest BCUT2D eigenvalue weighted by Crippen LogP contribution is -2.21. The van der Waals surface area contributed by atoms with Crippen molar-refractivity contribution in [1.82, 2.24) is 14.8 Å². The number of ether oxygens (including phenoxy) is 2. The fraction of sp³-hybridized carbons (Fsp3) is 0.300. The summed E-state index contributed by atoms with van der Waals surface area (Å²) in [6.45, 7) is 5.39. The number of aromatic nitrogens is 3. The third kappa shape index (κ3) is 5.00. The van der Waals surface area contributed by atoms with Crippen LogP contribution in [0.15, 0.2) is 29.6 Å². The topological polar surface area (TPSA) is 95.3 Å². The number of esters is 1. The minimum Gasteiger partial charge on any atom is -0.486 e. The zero-order valence-electron chi connectivity index (χ0n) is 16.7. The molecule has 0 aliphatic heterocycles. The van der Waals surface area contributed by atoms with E-state index in [9.17, 15) is 9.59 Å². The molecule has 0 radical (unpaired) electrons. The van der Waals surface area contributed by atoms with Gasteiger partial charge in [0.25, 0.3) is 5.91 Å². The van der Waals surface area contributed by atoms with Gasteiger partial charge in [0.15, 0.2) is 6.61 Å². The smallest absolute Gasteiger partial charge is 0.342 e. The number of carbonyl (C=O) groups excluding carboxylic acids is 2. The molecule has 1 amide bonds. The standard InChI is InChI=1S/C20H22N4O4S/c1-12-19(13(2)24(4)23-12)22-18(25)10-28-20(26)16-7-5-6-8-17(16)27-9-15-11-29-14(3)21-15/h5-8,11H,9-10H2,1-4H3,(H,22,25). The molecule has 0 spiro atoms. The van der Waals surface area contributed by atoms with Crippen LogP contribution >= 0.6 is 11.3 Å². The van der Waals surface area contributed by atoms with Gasteiger partial charge in [-0.25, -0.2) is 9.78 Å². The summed E-state index contributed by atoms with van der Waals surface area (Å²) < 4.78 is 12.6. The molecule has 1 aromatic carbocycles. The molecular weight excluding hydrogens is 392 g/mol. The molecule has 0 aliphatic carbocycles. The summed E-state index contributed by atoms with van der Waals surface area (Å²) in [5, 5.41) is 9.82. The minimum absolute atomic E-state index is 0.245. The van der Waals surface area contributed by atoms with Gasteiger partial charge in [-0.15, -0.1) is 11.3 Å². The number of benzene rings is 1. The lowest BCUT2D eigenvalue weighted by atomic mass is 10.2. The first-order valence-corrected chi connectivity index (χ1v) is 9.83. The van der Waals surface area contributed by atoms with Crippen LogP contribution in [-0.4, -0.2) is 33.2 Å². The molecule has 0 aliphatic rings. The normalized spacial score (nSPS) is 10.6. The van der Waals surface area contributed by atoms with E-state index in [0.29, 0.717) is 17.1 Å². The van der Waals surface area contributed by atoms with Crippen molar-refractivity contribution in [2.45, 2.75) is 27.4 Å². The van der Waals surface area contributed by atoms with Crippen LogP contribution in [-0.2, 0) is 23.2 Å². The SMILES string of the molecule is Cc1nc(COc2ccccc2C(=O)OCC(=O)Nc2c(C)nn(C)c2C)cs1. The van der Waals surface area contributed by atoms with Crippen LogP contribution in [0.1, 0.15) is 32.4 Å². The summed E-state index contributed by atoms with van der Waals surface area (Å²) in [6, 6.07) is 6.74. The summed E-state index contributed by atoms with van der Waals surface area (Å²) in [6.07, 6.45) is 0. The number of hydrogen-bond donors (Lipinski definition) is 1. The Morgan fingerprint density at radius 1 is 1.21 bits per heavy atom. The summed E-state index contributed by atoms with van der Waals surface area (Å²) in [4.78, 5) is 29.0. The molecule has 1 N–H and O–H groups in total. The number of amides is 1. The van der Waals surface area contributed by atoms with Gasteiger partial charge in [0, 0.05) is 12.4 Å². The van der Waals surface area contributed by atoms with Crippen LogP contribution in [0.5, 0.6) is 5.75 Å². The zero-order chi connectivity index (χ0) is 21.0. The van der Waals surface area contributed by atoms with Gasteiger partial charge >= 0.3 is 5.97 Å². The van der Waals surface area contributed by atoms with Crippen LogP contribution in [0.2, 0.25) is 0 Å². The number of hydrogen-bond acceptors (Lipinski definition) is 7. The Kier molecular flexibility index (Phi) is 6.28. The van der Waals surface area contributed by atoms with Crippen molar-refractivity contribution in [2.24, 2.45) is 7.05 Å². The molecular formula is C20H22N4O4S. The largest absolute Gasteiger partial charge is 0.486 e. The van der Waals surface area contributed by atoms with Crippen LogP contribution < -0.4 is 10.1 Å². The Bertz CT molecular complexity index is 1040. The van der Waals surface area contributed by atoms with Crippen molar-refractivity contribution in [3.63, 3.8) is 0 Å². The second-order valence-electron chi connectivity index (χ2n) is 6.44. The lowest BCUT2D eigenvalue weighted by Gasteiger charge is -2.11. The number of anilines is 1. The van der Waals surface area contributed by atoms with E-state index in [4.69, 9.17) is 9.47 Å². The van der Waals surface area contributed by atoms with Crippen molar-refractivity contribution >= 4 is 28.9 Å². The predicted octanol–water partition coefficient (Wildman–Crippen LogP) is 3.18. The van der Waals surface area contributed by atoms with Gasteiger partial charge in [-0.3, -0.25) is 9.48 Å². The summed E-state index contributed by atoms with van der Waals surface area (Å²) in [5.41, 5.74) is 3.17. The maximum atomic E-state index is 12.5. The first-order valence-electron chi connectivity index (χ1n) is 8.95. The second-order valence-corrected chi connectivity index (χ2v) is 7.50. The highest BCUT2D eigenvalue weighted by Gasteiger charge is 2.17. The van der Waals surface area contributed by atoms with E-state index < -0.39 is 18.5 Å². The molecule has 3 aromatic rings. The molecule has 0 atom stereocenters. The predicted molar refractivity (Wildman–Crippen MR) is 109 cm³/mol. The molecule has 0 bridgehead atoms. The highest BCUT2D eigenvalue weighted by molar-refractivity contribution is 7.09. The van der Waals surface area contributed by atoms with Crippen LogP contribution in [0, 0.1) is 20.8 Å². The molecule has 2 heterocycles. The Balaban J connectivity index is 1.59. The molecule has 3 rings (SSSR count). The summed E-state index contributed by atoms with van der Waals surface area (Å²) in [5.74, 6) is -0.693. The number of carbonyl (C=O) groups is 2. The van der Waals surface area contributed by atoms with Crippen molar-refractivity contribution in [1.29, 1.82) is 0 Å². The molecule has 29 heavy (non-hydrogen) atoms. The number of nitrogens with zero attached hydrogens (tertiary/aromatic N) is 3. The summed E-state index contributed by atoms with van der Waals surface area (Å²) in [7, 11) is 1.79. The zero-order valence-corrected chi connectivity index (χ0v) is 17.5. The van der Waals surface area contributed by atoms with E-state index in [1.54, 1.807) is 42.9 Å². The number of thiazole rings is 1. The molecule has 0 fully saturated rings. The summed E-state index contributed by atoms with van der Waals surface area (Å²) >= 11 is 1.53. The van der Waals surface area contributed by atoms with Crippen molar-refractivity contribution < 1.29 is 19.1 Å². The van der Waals surface area contributed by atoms with Gasteiger partial charge in [0.05, 0.1) is 27.8 Å². The molecule has 8 nitrogen and oxygen atoms in total. The van der Waals surface area contributed by atoms with E-state index in [-0.39, 0.29) is 12.2 Å². The van der Waals surface area contributed by atoms with E-state index in [0.717, 1.165) is 16.4 Å². The van der Waals surface area contributed by atoms with Crippen LogP contribution in [0.25, 0.3) is 0 Å². The van der Waals surface area contributed by atoms with Gasteiger partial charge in [-0.2, -0.15) is 5.10 Å². The third-order valence-electron chi connectivity index (χ3n) is 4.26. The van der Waals surface area contributed by atoms with E-state index >= 15 is 0 Å². The fourth-order valence-corrected chi connectivity index (χ4v) is 3.32. The van der Waals surface area contributed by atoms with Gasteiger partial charge in [-0.05, 0) is 32.9 Å². The van der Waals surface area contributed by atoms with Gasteiger partial charge < -0.3 is 14.8 Å². The average Bonchev–Trinajstić information content (AvgIpc) is 3.22. The fourth-order valence-electron chi connectivity index (χ4n) is 2.73. The average molecular weight is 414 g/mol. The number of para-hydroxylation sites is 1. The maximum Gasteiger partial charge on any atom is 0.342 e. The van der Waals surface area contributed by atoms with Gasteiger partial charge in [-0.1, -0.05) is 12.1 Å². The Hall–Kier alpha value is -3.20. The quantitative estimate of drug-likeness (QED) is 0.597. The lowest BCUT2D eigenvalue weighted by molar-refractivity contribution is -0.119.